The van der Waals surface area contributed by atoms with Gasteiger partial charge in [-0.05, 0) is 38.8 Å². The summed E-state index contributed by atoms with van der Waals surface area (Å²) in [6.07, 6.45) is 0.726. The van der Waals surface area contributed by atoms with Crippen LogP contribution in [0.5, 0.6) is 0 Å². The molecule has 1 aromatic rings. The van der Waals surface area contributed by atoms with Crippen LogP contribution in [0.15, 0.2) is 29.2 Å². The smallest absolute Gasteiger partial charge is 0.244 e. The predicted molar refractivity (Wildman–Crippen MR) is 98.9 cm³/mol. The van der Waals surface area contributed by atoms with Crippen LogP contribution in [0.1, 0.15) is 32.3 Å². The summed E-state index contributed by atoms with van der Waals surface area (Å²) >= 11 is 0. The van der Waals surface area contributed by atoms with Crippen molar-refractivity contribution in [3.05, 3.63) is 29.8 Å². The number of likely N-dealkylation sites (N-methyl/N-ethyl adjacent to an activating group) is 1. The van der Waals surface area contributed by atoms with Crippen LogP contribution in [-0.4, -0.2) is 50.2 Å². The number of amides is 2. The third-order valence-corrected chi connectivity index (χ3v) is 6.51. The van der Waals surface area contributed by atoms with Gasteiger partial charge in [-0.3, -0.25) is 9.59 Å². The lowest BCUT2D eigenvalue weighted by molar-refractivity contribution is -0.131. The summed E-state index contributed by atoms with van der Waals surface area (Å²) < 4.78 is 26.9. The van der Waals surface area contributed by atoms with Gasteiger partial charge in [0, 0.05) is 25.6 Å². The normalized spacial score (nSPS) is 16.9. The fraction of sp³-hybridized carbons (Fsp3) is 0.500. The van der Waals surface area contributed by atoms with Crippen molar-refractivity contribution in [3.63, 3.8) is 0 Å². The number of piperidine rings is 1. The summed E-state index contributed by atoms with van der Waals surface area (Å²) in [4.78, 5) is 24.1. The van der Waals surface area contributed by atoms with Gasteiger partial charge in [-0.15, -0.1) is 0 Å². The number of hydrogen-bond donors (Lipinski definition) is 2. The monoisotopic (exact) mass is 392 g/mol. The van der Waals surface area contributed by atoms with Gasteiger partial charge < -0.3 is 10.6 Å². The highest BCUT2D eigenvalue weighted by molar-refractivity contribution is 7.89. The Hall–Kier alpha value is -2.44. The highest BCUT2D eigenvalue weighted by Crippen LogP contribution is 2.25. The van der Waals surface area contributed by atoms with E-state index < -0.39 is 16.1 Å². The zero-order chi connectivity index (χ0) is 20.0. The van der Waals surface area contributed by atoms with Gasteiger partial charge in [0.2, 0.25) is 21.8 Å². The van der Waals surface area contributed by atoms with Crippen molar-refractivity contribution in [2.45, 2.75) is 37.6 Å². The Balaban J connectivity index is 1.99. The molecule has 0 aliphatic carbocycles. The SMILES string of the molecule is CCNC(=O)[C@H](C)NC(=O)C1CCN(S(=O)(=O)c2ccccc2C#N)CC1. The summed E-state index contributed by atoms with van der Waals surface area (Å²) in [5.41, 5.74) is 0.105. The average Bonchev–Trinajstić information content (AvgIpc) is 2.68. The molecular formula is C18H24N4O4S. The summed E-state index contributed by atoms with van der Waals surface area (Å²) in [5.74, 6) is -0.846. The fourth-order valence-electron chi connectivity index (χ4n) is 3.01. The molecule has 1 atom stereocenters. The maximum Gasteiger partial charge on any atom is 0.244 e. The van der Waals surface area contributed by atoms with E-state index in [-0.39, 0.29) is 41.3 Å². The molecule has 1 aromatic carbocycles. The van der Waals surface area contributed by atoms with Gasteiger partial charge in [0.15, 0.2) is 0 Å². The van der Waals surface area contributed by atoms with Crippen molar-refractivity contribution in [1.29, 1.82) is 5.26 Å². The Morgan fingerprint density at radius 2 is 1.93 bits per heavy atom. The van der Waals surface area contributed by atoms with Gasteiger partial charge in [0.1, 0.15) is 12.1 Å². The summed E-state index contributed by atoms with van der Waals surface area (Å²) in [6, 6.07) is 7.35. The minimum Gasteiger partial charge on any atom is -0.355 e. The third-order valence-electron chi connectivity index (χ3n) is 4.55. The number of rotatable bonds is 6. The van der Waals surface area contributed by atoms with Gasteiger partial charge in [-0.2, -0.15) is 9.57 Å². The topological polar surface area (TPSA) is 119 Å². The number of carbonyl (C=O) groups excluding carboxylic acids is 2. The van der Waals surface area contributed by atoms with Crippen molar-refractivity contribution < 1.29 is 18.0 Å². The van der Waals surface area contributed by atoms with E-state index in [0.717, 1.165) is 0 Å². The molecule has 8 nitrogen and oxygen atoms in total. The van der Waals surface area contributed by atoms with Gasteiger partial charge >= 0.3 is 0 Å². The van der Waals surface area contributed by atoms with E-state index in [1.165, 1.54) is 16.4 Å². The Bertz CT molecular complexity index is 839. The molecule has 1 aliphatic heterocycles. The van der Waals surface area contributed by atoms with E-state index in [9.17, 15) is 18.0 Å². The average molecular weight is 392 g/mol. The Labute approximate surface area is 159 Å². The lowest BCUT2D eigenvalue weighted by atomic mass is 9.97. The molecule has 0 saturated carbocycles. The maximum atomic E-state index is 12.8. The second-order valence-electron chi connectivity index (χ2n) is 6.41. The number of hydrogen-bond acceptors (Lipinski definition) is 5. The maximum absolute atomic E-state index is 12.8. The molecule has 1 saturated heterocycles. The molecule has 1 fully saturated rings. The molecule has 27 heavy (non-hydrogen) atoms. The lowest BCUT2D eigenvalue weighted by Gasteiger charge is -2.31. The van der Waals surface area contributed by atoms with Gasteiger partial charge in [0.25, 0.3) is 0 Å². The second kappa shape index (κ2) is 8.97. The summed E-state index contributed by atoms with van der Waals surface area (Å²) in [5, 5.41) is 14.5. The highest BCUT2D eigenvalue weighted by Gasteiger charge is 2.33. The standard InChI is InChI=1S/C18H24N4O4S/c1-3-20-17(23)13(2)21-18(24)14-8-10-22(11-9-14)27(25,26)16-7-5-4-6-15(16)12-19/h4-7,13-14H,3,8-11H2,1-2H3,(H,20,23)(H,21,24)/t13-/m0/s1. The number of nitrogens with zero attached hydrogens (tertiary/aromatic N) is 2. The van der Waals surface area contributed by atoms with E-state index in [0.29, 0.717) is 19.4 Å². The first-order valence-corrected chi connectivity index (χ1v) is 10.3. The predicted octanol–water partition coefficient (Wildman–Crippen LogP) is 0.600. The zero-order valence-corrected chi connectivity index (χ0v) is 16.3. The van der Waals surface area contributed by atoms with Gasteiger partial charge in [-0.1, -0.05) is 12.1 Å². The van der Waals surface area contributed by atoms with Crippen molar-refractivity contribution >= 4 is 21.8 Å². The van der Waals surface area contributed by atoms with Crippen LogP contribution in [-0.2, 0) is 19.6 Å². The zero-order valence-electron chi connectivity index (χ0n) is 15.4. The Morgan fingerprint density at radius 3 is 2.52 bits per heavy atom. The lowest BCUT2D eigenvalue weighted by Crippen LogP contribution is -2.49. The van der Waals surface area contributed by atoms with Crippen LogP contribution in [0.4, 0.5) is 0 Å². The third kappa shape index (κ3) is 4.84. The van der Waals surface area contributed by atoms with E-state index in [1.807, 2.05) is 6.07 Å². The Morgan fingerprint density at radius 1 is 1.30 bits per heavy atom. The summed E-state index contributed by atoms with van der Waals surface area (Å²) in [6.45, 7) is 4.28. The Kier molecular flexibility index (Phi) is 6.93. The molecule has 146 valence electrons. The molecule has 0 bridgehead atoms. The van der Waals surface area contributed by atoms with Crippen molar-refractivity contribution in [1.82, 2.24) is 14.9 Å². The van der Waals surface area contributed by atoms with Crippen LogP contribution in [0.3, 0.4) is 0 Å². The minimum atomic E-state index is -3.78. The second-order valence-corrected chi connectivity index (χ2v) is 8.32. The molecule has 1 aliphatic rings. The largest absolute Gasteiger partial charge is 0.355 e. The number of carbonyl (C=O) groups is 2. The van der Waals surface area contributed by atoms with E-state index in [1.54, 1.807) is 26.0 Å². The van der Waals surface area contributed by atoms with Crippen LogP contribution in [0.25, 0.3) is 0 Å². The molecule has 0 radical (unpaired) electrons. The molecule has 1 heterocycles. The fourth-order valence-corrected chi connectivity index (χ4v) is 4.62. The highest BCUT2D eigenvalue weighted by atomic mass is 32.2. The van der Waals surface area contributed by atoms with Crippen molar-refractivity contribution in [3.8, 4) is 6.07 Å². The number of nitrogens with one attached hydrogen (secondary N) is 2. The quantitative estimate of drug-likeness (QED) is 0.735. The van der Waals surface area contributed by atoms with E-state index >= 15 is 0 Å². The first kappa shape index (κ1) is 20.9. The summed E-state index contributed by atoms with van der Waals surface area (Å²) in [7, 11) is -3.78. The van der Waals surface area contributed by atoms with Crippen LogP contribution in [0.2, 0.25) is 0 Å². The van der Waals surface area contributed by atoms with Crippen LogP contribution >= 0.6 is 0 Å². The molecule has 2 rings (SSSR count). The number of nitriles is 1. The van der Waals surface area contributed by atoms with Crippen molar-refractivity contribution in [2.75, 3.05) is 19.6 Å². The van der Waals surface area contributed by atoms with Gasteiger partial charge in [0.05, 0.1) is 10.5 Å². The number of benzene rings is 1. The molecule has 9 heteroatoms. The molecule has 0 spiro atoms. The molecule has 2 N–H and O–H groups in total. The van der Waals surface area contributed by atoms with Crippen LogP contribution < -0.4 is 10.6 Å². The molecule has 0 unspecified atom stereocenters. The molecular weight excluding hydrogens is 368 g/mol. The van der Waals surface area contributed by atoms with Crippen molar-refractivity contribution in [2.24, 2.45) is 5.92 Å². The molecule has 2 amide bonds. The minimum absolute atomic E-state index is 0.0136. The van der Waals surface area contributed by atoms with E-state index in [2.05, 4.69) is 10.6 Å². The van der Waals surface area contributed by atoms with E-state index in [4.69, 9.17) is 5.26 Å². The van der Waals surface area contributed by atoms with Crippen LogP contribution in [0, 0.1) is 17.2 Å². The first-order chi connectivity index (χ1) is 12.8. The first-order valence-electron chi connectivity index (χ1n) is 8.88. The number of sulfonamides is 1. The molecule has 0 aromatic heterocycles. The van der Waals surface area contributed by atoms with Gasteiger partial charge in [-0.25, -0.2) is 8.42 Å².